The van der Waals surface area contributed by atoms with Gasteiger partial charge in [0.2, 0.25) is 15.9 Å². The van der Waals surface area contributed by atoms with Crippen LogP contribution in [0.15, 0.2) is 47.4 Å². The average molecular weight is 459 g/mol. The summed E-state index contributed by atoms with van der Waals surface area (Å²) in [6.45, 7) is 4.29. The van der Waals surface area contributed by atoms with Gasteiger partial charge in [0.05, 0.1) is 18.1 Å². The summed E-state index contributed by atoms with van der Waals surface area (Å²) in [5, 5.41) is 0. The maximum atomic E-state index is 13.2. The largest absolute Gasteiger partial charge is 0.490 e. The molecule has 0 unspecified atom stereocenters. The van der Waals surface area contributed by atoms with E-state index in [9.17, 15) is 13.2 Å². The van der Waals surface area contributed by atoms with E-state index < -0.39 is 10.0 Å². The highest BCUT2D eigenvalue weighted by Crippen LogP contribution is 2.34. The average Bonchev–Trinajstić information content (AvgIpc) is 3.05. The second kappa shape index (κ2) is 9.50. The number of fused-ring (bicyclic) bond motifs is 1. The minimum Gasteiger partial charge on any atom is -0.490 e. The van der Waals surface area contributed by atoms with Crippen molar-refractivity contribution in [3.05, 3.63) is 53.6 Å². The van der Waals surface area contributed by atoms with Crippen molar-refractivity contribution in [1.29, 1.82) is 0 Å². The van der Waals surface area contributed by atoms with E-state index in [-0.39, 0.29) is 16.7 Å². The van der Waals surface area contributed by atoms with E-state index in [1.54, 1.807) is 23.1 Å². The highest BCUT2D eigenvalue weighted by Gasteiger charge is 2.33. The lowest BCUT2D eigenvalue weighted by Crippen LogP contribution is -2.43. The molecule has 0 aromatic heterocycles. The van der Waals surface area contributed by atoms with E-state index in [2.05, 4.69) is 0 Å². The Morgan fingerprint density at radius 2 is 1.69 bits per heavy atom. The summed E-state index contributed by atoms with van der Waals surface area (Å²) in [4.78, 5) is 14.9. The number of aryl methyl sites for hydroxylation is 1. The first-order valence-corrected chi connectivity index (χ1v) is 12.5. The molecule has 1 amide bonds. The standard InChI is InChI=1S/C24H30N2O5S/c1-18-4-6-19(7-5-18)17-25(2)24(27)20-10-12-26(13-11-20)32(28,29)21-8-9-22-23(16-21)31-15-3-14-30-22/h4-9,16,20H,3,10-15,17H2,1-2H3. The zero-order valence-electron chi connectivity index (χ0n) is 18.6. The summed E-state index contributed by atoms with van der Waals surface area (Å²) in [6, 6.07) is 12.9. The van der Waals surface area contributed by atoms with Gasteiger partial charge in [0, 0.05) is 45.1 Å². The number of piperidine rings is 1. The predicted octanol–water partition coefficient (Wildman–Crippen LogP) is 3.22. The molecule has 7 nitrogen and oxygen atoms in total. The lowest BCUT2D eigenvalue weighted by Gasteiger charge is -2.32. The maximum Gasteiger partial charge on any atom is 0.243 e. The molecule has 4 rings (SSSR count). The quantitative estimate of drug-likeness (QED) is 0.688. The van der Waals surface area contributed by atoms with Crippen LogP contribution in [0.3, 0.4) is 0 Å². The van der Waals surface area contributed by atoms with Gasteiger partial charge in [-0.1, -0.05) is 29.8 Å². The molecule has 172 valence electrons. The summed E-state index contributed by atoms with van der Waals surface area (Å²) >= 11 is 0. The van der Waals surface area contributed by atoms with Crippen molar-refractivity contribution in [2.75, 3.05) is 33.4 Å². The Bertz CT molecular complexity index is 1060. The highest BCUT2D eigenvalue weighted by molar-refractivity contribution is 7.89. The van der Waals surface area contributed by atoms with Crippen LogP contribution in [0.1, 0.15) is 30.4 Å². The van der Waals surface area contributed by atoms with Crippen molar-refractivity contribution in [2.45, 2.75) is 37.6 Å². The van der Waals surface area contributed by atoms with Crippen molar-refractivity contribution in [1.82, 2.24) is 9.21 Å². The highest BCUT2D eigenvalue weighted by atomic mass is 32.2. The molecule has 0 saturated carbocycles. The number of sulfonamides is 1. The molecule has 1 saturated heterocycles. The molecule has 0 aliphatic carbocycles. The number of amides is 1. The Labute approximate surface area is 190 Å². The number of ether oxygens (including phenoxy) is 2. The smallest absolute Gasteiger partial charge is 0.243 e. The van der Waals surface area contributed by atoms with E-state index in [4.69, 9.17) is 9.47 Å². The van der Waals surface area contributed by atoms with Crippen LogP contribution >= 0.6 is 0 Å². The number of rotatable bonds is 5. The van der Waals surface area contributed by atoms with Crippen LogP contribution in [-0.2, 0) is 21.4 Å². The monoisotopic (exact) mass is 458 g/mol. The van der Waals surface area contributed by atoms with Crippen LogP contribution in [0.25, 0.3) is 0 Å². The molecular formula is C24H30N2O5S. The minimum absolute atomic E-state index is 0.0678. The number of hydrogen-bond acceptors (Lipinski definition) is 5. The van der Waals surface area contributed by atoms with Crippen LogP contribution in [0.2, 0.25) is 0 Å². The van der Waals surface area contributed by atoms with Gasteiger partial charge >= 0.3 is 0 Å². The van der Waals surface area contributed by atoms with Crippen LogP contribution in [0.5, 0.6) is 11.5 Å². The Kier molecular flexibility index (Phi) is 6.71. The van der Waals surface area contributed by atoms with Gasteiger partial charge in [0.1, 0.15) is 0 Å². The Morgan fingerprint density at radius 3 is 2.38 bits per heavy atom. The molecule has 2 aliphatic heterocycles. The summed E-state index contributed by atoms with van der Waals surface area (Å²) in [5.74, 6) is 0.938. The second-order valence-electron chi connectivity index (χ2n) is 8.52. The van der Waals surface area contributed by atoms with Gasteiger partial charge in [-0.2, -0.15) is 4.31 Å². The fraction of sp³-hybridized carbons (Fsp3) is 0.458. The van der Waals surface area contributed by atoms with Crippen molar-refractivity contribution >= 4 is 15.9 Å². The van der Waals surface area contributed by atoms with Gasteiger partial charge in [0.15, 0.2) is 11.5 Å². The summed E-state index contributed by atoms with van der Waals surface area (Å²) in [5.41, 5.74) is 2.27. The Balaban J connectivity index is 1.37. The summed E-state index contributed by atoms with van der Waals surface area (Å²) in [7, 11) is -1.85. The molecule has 2 aliphatic rings. The van der Waals surface area contributed by atoms with Gasteiger partial charge in [-0.25, -0.2) is 8.42 Å². The molecular weight excluding hydrogens is 428 g/mol. The molecule has 8 heteroatoms. The zero-order valence-corrected chi connectivity index (χ0v) is 19.4. The maximum absolute atomic E-state index is 13.2. The van der Waals surface area contributed by atoms with Gasteiger partial charge in [0.25, 0.3) is 0 Å². The molecule has 0 radical (unpaired) electrons. The molecule has 32 heavy (non-hydrogen) atoms. The van der Waals surface area contributed by atoms with Crippen molar-refractivity contribution in [3.8, 4) is 11.5 Å². The lowest BCUT2D eigenvalue weighted by atomic mass is 9.96. The number of nitrogens with zero attached hydrogens (tertiary/aromatic N) is 2. The number of hydrogen-bond donors (Lipinski definition) is 0. The third-order valence-electron chi connectivity index (χ3n) is 6.08. The third-order valence-corrected chi connectivity index (χ3v) is 7.97. The first-order valence-electron chi connectivity index (χ1n) is 11.0. The molecule has 0 spiro atoms. The molecule has 1 fully saturated rings. The predicted molar refractivity (Wildman–Crippen MR) is 121 cm³/mol. The summed E-state index contributed by atoms with van der Waals surface area (Å²) in [6.07, 6.45) is 1.79. The van der Waals surface area contributed by atoms with E-state index in [0.717, 1.165) is 12.0 Å². The SMILES string of the molecule is Cc1ccc(CN(C)C(=O)C2CCN(S(=O)(=O)c3ccc4c(c3)OCCCO4)CC2)cc1. The summed E-state index contributed by atoms with van der Waals surface area (Å²) < 4.78 is 39.1. The van der Waals surface area contributed by atoms with Crippen molar-refractivity contribution < 1.29 is 22.7 Å². The number of benzene rings is 2. The lowest BCUT2D eigenvalue weighted by molar-refractivity contribution is -0.135. The molecule has 2 aromatic carbocycles. The van der Waals surface area contributed by atoms with Gasteiger partial charge in [-0.15, -0.1) is 0 Å². The normalized spacial score (nSPS) is 17.6. The first-order chi connectivity index (χ1) is 15.3. The molecule has 2 aromatic rings. The number of carbonyl (C=O) groups excluding carboxylic acids is 1. The fourth-order valence-corrected chi connectivity index (χ4v) is 5.64. The van der Waals surface area contributed by atoms with Crippen LogP contribution in [-0.4, -0.2) is 56.9 Å². The number of carbonyl (C=O) groups is 1. The zero-order chi connectivity index (χ0) is 22.7. The molecule has 2 heterocycles. The first kappa shape index (κ1) is 22.6. The van der Waals surface area contributed by atoms with E-state index in [0.29, 0.717) is 57.2 Å². The van der Waals surface area contributed by atoms with Crippen molar-refractivity contribution in [3.63, 3.8) is 0 Å². The topological polar surface area (TPSA) is 76.2 Å². The van der Waals surface area contributed by atoms with E-state index >= 15 is 0 Å². The molecule has 0 N–H and O–H groups in total. The second-order valence-corrected chi connectivity index (χ2v) is 10.5. The third kappa shape index (κ3) is 4.91. The van der Waals surface area contributed by atoms with Gasteiger partial charge in [-0.3, -0.25) is 4.79 Å². The van der Waals surface area contributed by atoms with Crippen LogP contribution in [0, 0.1) is 12.8 Å². The fourth-order valence-electron chi connectivity index (χ4n) is 4.15. The van der Waals surface area contributed by atoms with Crippen LogP contribution < -0.4 is 9.47 Å². The van der Waals surface area contributed by atoms with Gasteiger partial charge < -0.3 is 14.4 Å². The molecule has 0 atom stereocenters. The minimum atomic E-state index is -3.66. The van der Waals surface area contributed by atoms with Crippen molar-refractivity contribution in [2.24, 2.45) is 5.92 Å². The Hall–Kier alpha value is -2.58. The van der Waals surface area contributed by atoms with Crippen LogP contribution in [0.4, 0.5) is 0 Å². The van der Waals surface area contributed by atoms with E-state index in [1.165, 1.54) is 9.87 Å². The molecule has 0 bridgehead atoms. The Morgan fingerprint density at radius 1 is 1.03 bits per heavy atom. The van der Waals surface area contributed by atoms with Gasteiger partial charge in [-0.05, 0) is 37.5 Å². The van der Waals surface area contributed by atoms with E-state index in [1.807, 2.05) is 38.2 Å².